The third-order valence-corrected chi connectivity index (χ3v) is 3.45. The number of rotatable bonds is 4. The van der Waals surface area contributed by atoms with E-state index in [4.69, 9.17) is 4.74 Å². The Morgan fingerprint density at radius 2 is 2.17 bits per heavy atom. The van der Waals surface area contributed by atoms with Gasteiger partial charge in [-0.15, -0.1) is 5.10 Å². The van der Waals surface area contributed by atoms with Crippen molar-refractivity contribution in [3.63, 3.8) is 0 Å². The molecule has 2 aromatic rings. The minimum Gasteiger partial charge on any atom is -0.466 e. The van der Waals surface area contributed by atoms with Crippen molar-refractivity contribution in [2.75, 3.05) is 11.8 Å². The lowest BCUT2D eigenvalue weighted by atomic mass is 10.7. The normalized spacial score (nSPS) is 11.5. The van der Waals surface area contributed by atoms with Gasteiger partial charge in [0.05, 0.1) is 7.11 Å². The van der Waals surface area contributed by atoms with Crippen LogP contribution in [0.15, 0.2) is 11.2 Å². The second kappa shape index (κ2) is 4.29. The summed E-state index contributed by atoms with van der Waals surface area (Å²) in [7, 11) is -0.695. The molecule has 0 aliphatic carbocycles. The van der Waals surface area contributed by atoms with Gasteiger partial charge in [0, 0.05) is 13.2 Å². The lowest BCUT2D eigenvalue weighted by Crippen LogP contribution is -2.14. The fourth-order valence-electron chi connectivity index (χ4n) is 1.22. The maximum absolute atomic E-state index is 11.9. The maximum Gasteiger partial charge on any atom is 0.336 e. The summed E-state index contributed by atoms with van der Waals surface area (Å²) >= 11 is 0. The van der Waals surface area contributed by atoms with Crippen LogP contribution in [-0.2, 0) is 17.1 Å². The predicted molar refractivity (Wildman–Crippen MR) is 61.7 cm³/mol. The molecule has 18 heavy (non-hydrogen) atoms. The van der Waals surface area contributed by atoms with Crippen LogP contribution < -0.4 is 9.46 Å². The van der Waals surface area contributed by atoms with Gasteiger partial charge in [-0.1, -0.05) is 0 Å². The Morgan fingerprint density at radius 1 is 1.44 bits per heavy atom. The molecule has 0 spiro atoms. The minimum absolute atomic E-state index is 0.0323. The average Bonchev–Trinajstić information content (AvgIpc) is 2.87. The zero-order chi connectivity index (χ0) is 13.3. The average molecular weight is 272 g/mol. The fraction of sp³-hybridized carbons (Fsp3) is 0.375. The van der Waals surface area contributed by atoms with E-state index in [9.17, 15) is 8.42 Å². The number of imidazole rings is 1. The Morgan fingerprint density at radius 3 is 2.67 bits per heavy atom. The first-order chi connectivity index (χ1) is 8.42. The van der Waals surface area contributed by atoms with Crippen LogP contribution in [0.25, 0.3) is 0 Å². The number of aromatic nitrogens is 5. The molecule has 0 radical (unpaired) electrons. The van der Waals surface area contributed by atoms with Crippen LogP contribution in [0.4, 0.5) is 5.95 Å². The summed E-state index contributed by atoms with van der Waals surface area (Å²) in [6.45, 7) is 1.70. The summed E-state index contributed by atoms with van der Waals surface area (Å²) < 4.78 is 32.5. The quantitative estimate of drug-likeness (QED) is 0.786. The van der Waals surface area contributed by atoms with Gasteiger partial charge in [-0.05, 0) is 6.92 Å². The molecular weight excluding hydrogens is 260 g/mol. The van der Waals surface area contributed by atoms with Crippen LogP contribution in [0.2, 0.25) is 0 Å². The molecule has 2 N–H and O–H groups in total. The Labute approximate surface area is 103 Å². The summed E-state index contributed by atoms with van der Waals surface area (Å²) in [5.74, 6) is 0.556. The van der Waals surface area contributed by atoms with E-state index in [0.29, 0.717) is 5.82 Å². The van der Waals surface area contributed by atoms with Gasteiger partial charge in [-0.25, -0.2) is 14.8 Å². The number of sulfonamides is 1. The van der Waals surface area contributed by atoms with Gasteiger partial charge in [0.15, 0.2) is 5.03 Å². The first-order valence-electron chi connectivity index (χ1n) is 4.91. The van der Waals surface area contributed by atoms with Gasteiger partial charge in [0.2, 0.25) is 5.95 Å². The molecule has 2 heterocycles. The molecule has 0 unspecified atom stereocenters. The molecule has 0 amide bonds. The Bertz CT molecular complexity index is 639. The second-order valence-corrected chi connectivity index (χ2v) is 5.14. The number of aryl methyl sites for hydroxylation is 2. The third-order valence-electron chi connectivity index (χ3n) is 2.24. The topological polar surface area (TPSA) is 115 Å². The second-order valence-electron chi connectivity index (χ2n) is 3.51. The highest BCUT2D eigenvalue weighted by atomic mass is 32.2. The summed E-state index contributed by atoms with van der Waals surface area (Å²) in [6, 6.07) is 0.0462. The highest BCUT2D eigenvalue weighted by molar-refractivity contribution is 7.92. The van der Waals surface area contributed by atoms with Crippen LogP contribution in [-0.4, -0.2) is 40.3 Å². The van der Waals surface area contributed by atoms with E-state index >= 15 is 0 Å². The fourth-order valence-corrected chi connectivity index (χ4v) is 2.22. The highest BCUT2D eigenvalue weighted by Gasteiger charge is 2.20. The lowest BCUT2D eigenvalue weighted by Gasteiger charge is -2.00. The van der Waals surface area contributed by atoms with Crippen LogP contribution in [0.5, 0.6) is 6.01 Å². The van der Waals surface area contributed by atoms with E-state index < -0.39 is 10.0 Å². The summed E-state index contributed by atoms with van der Waals surface area (Å²) in [5, 5.41) is 5.93. The third kappa shape index (κ3) is 2.27. The standard InChI is InChI=1S/C8H12N6O3S/c1-5-9-6(4-14(5)2)18(15,16)13-7-10-8(17-3)12-11-7/h4H,1-3H3,(H2,10,11,12,13). The molecule has 0 aliphatic rings. The molecule has 2 rings (SSSR count). The van der Waals surface area contributed by atoms with Crippen LogP contribution >= 0.6 is 0 Å². The predicted octanol–water partition coefficient (Wildman–Crippen LogP) is -0.344. The molecular formula is C8H12N6O3S. The van der Waals surface area contributed by atoms with E-state index in [1.807, 2.05) is 0 Å². The zero-order valence-electron chi connectivity index (χ0n) is 10.00. The monoisotopic (exact) mass is 272 g/mol. The number of nitrogens with one attached hydrogen (secondary N) is 2. The smallest absolute Gasteiger partial charge is 0.336 e. The number of methoxy groups -OCH3 is 1. The SMILES string of the molecule is COc1n[nH]c(NS(=O)(=O)c2cn(C)c(C)n2)n1. The van der Waals surface area contributed by atoms with Crippen molar-refractivity contribution in [3.05, 3.63) is 12.0 Å². The lowest BCUT2D eigenvalue weighted by molar-refractivity contribution is 0.382. The van der Waals surface area contributed by atoms with Gasteiger partial charge >= 0.3 is 6.01 Å². The molecule has 0 saturated carbocycles. The molecule has 0 saturated heterocycles. The largest absolute Gasteiger partial charge is 0.466 e. The first kappa shape index (κ1) is 12.4. The molecule has 10 heteroatoms. The molecule has 0 aliphatic heterocycles. The number of nitrogens with zero attached hydrogens (tertiary/aromatic N) is 4. The minimum atomic E-state index is -3.78. The molecule has 0 aromatic carbocycles. The van der Waals surface area contributed by atoms with Crippen molar-refractivity contribution in [1.82, 2.24) is 24.7 Å². The van der Waals surface area contributed by atoms with Gasteiger partial charge < -0.3 is 9.30 Å². The van der Waals surface area contributed by atoms with E-state index in [2.05, 4.69) is 24.9 Å². The van der Waals surface area contributed by atoms with E-state index in [1.54, 1.807) is 18.5 Å². The summed E-state index contributed by atoms with van der Waals surface area (Å²) in [4.78, 5) is 7.68. The Kier molecular flexibility index (Phi) is 2.95. The number of H-pyrrole nitrogens is 1. The van der Waals surface area contributed by atoms with Crippen molar-refractivity contribution in [3.8, 4) is 6.01 Å². The van der Waals surface area contributed by atoms with Gasteiger partial charge in [-0.2, -0.15) is 13.4 Å². The Hall–Kier alpha value is -2.10. The number of ether oxygens (including phenoxy) is 1. The first-order valence-corrected chi connectivity index (χ1v) is 6.40. The number of hydrogen-bond acceptors (Lipinski definition) is 6. The van der Waals surface area contributed by atoms with Gasteiger partial charge in [0.1, 0.15) is 5.82 Å². The molecule has 98 valence electrons. The van der Waals surface area contributed by atoms with Crippen molar-refractivity contribution < 1.29 is 13.2 Å². The molecule has 0 atom stereocenters. The molecule has 0 bridgehead atoms. The van der Waals surface area contributed by atoms with Crippen LogP contribution in [0.3, 0.4) is 0 Å². The van der Waals surface area contributed by atoms with E-state index in [0.717, 1.165) is 0 Å². The van der Waals surface area contributed by atoms with Crippen molar-refractivity contribution in [1.29, 1.82) is 0 Å². The number of anilines is 1. The number of hydrogen-bond donors (Lipinski definition) is 2. The highest BCUT2D eigenvalue weighted by Crippen LogP contribution is 2.13. The summed E-state index contributed by atoms with van der Waals surface area (Å²) in [6.07, 6.45) is 1.41. The van der Waals surface area contributed by atoms with E-state index in [1.165, 1.54) is 13.3 Å². The van der Waals surface area contributed by atoms with E-state index in [-0.39, 0.29) is 17.0 Å². The molecule has 9 nitrogen and oxygen atoms in total. The number of aromatic amines is 1. The van der Waals surface area contributed by atoms with Crippen molar-refractivity contribution in [2.45, 2.75) is 11.9 Å². The van der Waals surface area contributed by atoms with Crippen molar-refractivity contribution in [2.24, 2.45) is 7.05 Å². The van der Waals surface area contributed by atoms with Crippen LogP contribution in [0, 0.1) is 6.92 Å². The summed E-state index contributed by atoms with van der Waals surface area (Å²) in [5.41, 5.74) is 0. The molecule has 2 aromatic heterocycles. The van der Waals surface area contributed by atoms with Crippen molar-refractivity contribution >= 4 is 16.0 Å². The van der Waals surface area contributed by atoms with Crippen LogP contribution in [0.1, 0.15) is 5.82 Å². The molecule has 0 fully saturated rings. The maximum atomic E-state index is 11.9. The van der Waals surface area contributed by atoms with Gasteiger partial charge in [-0.3, -0.25) is 0 Å². The zero-order valence-corrected chi connectivity index (χ0v) is 10.8. The van der Waals surface area contributed by atoms with Gasteiger partial charge in [0.25, 0.3) is 10.0 Å². The Balaban J connectivity index is 2.26.